The van der Waals surface area contributed by atoms with Gasteiger partial charge < -0.3 is 15.2 Å². The van der Waals surface area contributed by atoms with E-state index in [1.165, 1.54) is 0 Å². The van der Waals surface area contributed by atoms with E-state index < -0.39 is 17.8 Å². The van der Waals surface area contributed by atoms with Gasteiger partial charge in [-0.15, -0.1) is 0 Å². The van der Waals surface area contributed by atoms with Crippen LogP contribution < -0.4 is 10.4 Å². The van der Waals surface area contributed by atoms with Gasteiger partial charge in [-0.2, -0.15) is 0 Å². The molecule has 1 fully saturated rings. The smallest absolute Gasteiger partial charge is 0.228 e. The largest absolute Gasteiger partial charge is 0.550 e. The summed E-state index contributed by atoms with van der Waals surface area (Å²) < 4.78 is 0. The highest BCUT2D eigenvalue weighted by molar-refractivity contribution is 6.33. The van der Waals surface area contributed by atoms with E-state index in [4.69, 9.17) is 11.6 Å². The fraction of sp³-hybridized carbons (Fsp3) is 0.333. The van der Waals surface area contributed by atoms with Gasteiger partial charge in [0.05, 0.1) is 16.6 Å². The number of carbonyl (C=O) groups excluding carboxylic acids is 2. The number of nitrogens with one attached hydrogen (secondary N) is 1. The molecule has 4 atom stereocenters. The van der Waals surface area contributed by atoms with Crippen LogP contribution in [0.25, 0.3) is 0 Å². The zero-order valence-corrected chi connectivity index (χ0v) is 11.3. The second-order valence-electron chi connectivity index (χ2n) is 5.29. The van der Waals surface area contributed by atoms with Crippen molar-refractivity contribution in [2.45, 2.75) is 6.42 Å². The normalized spacial score (nSPS) is 30.4. The fourth-order valence-corrected chi connectivity index (χ4v) is 3.46. The number of hydrogen-bond acceptors (Lipinski definition) is 3. The minimum absolute atomic E-state index is 0.0228. The molecule has 0 heterocycles. The highest BCUT2D eigenvalue weighted by atomic mass is 35.5. The summed E-state index contributed by atoms with van der Waals surface area (Å²) in [6.07, 6.45) is 4.52. The van der Waals surface area contributed by atoms with Gasteiger partial charge >= 0.3 is 0 Å². The first kappa shape index (κ1) is 13.2. The Morgan fingerprint density at radius 2 is 1.80 bits per heavy atom. The number of fused-ring (bicyclic) bond motifs is 2. The lowest BCUT2D eigenvalue weighted by Gasteiger charge is -2.27. The van der Waals surface area contributed by atoms with Crippen molar-refractivity contribution in [2.75, 3.05) is 5.32 Å². The van der Waals surface area contributed by atoms with Crippen molar-refractivity contribution < 1.29 is 14.7 Å². The van der Waals surface area contributed by atoms with E-state index in [-0.39, 0.29) is 17.7 Å². The minimum Gasteiger partial charge on any atom is -0.550 e. The van der Waals surface area contributed by atoms with Crippen LogP contribution in [0.5, 0.6) is 0 Å². The van der Waals surface area contributed by atoms with E-state index in [1.807, 2.05) is 12.2 Å². The molecule has 104 valence electrons. The van der Waals surface area contributed by atoms with Crippen LogP contribution in [0.2, 0.25) is 5.02 Å². The SMILES string of the molecule is O=C([O-])[C@@H]1[C@H](C(=O)Nc2ccccc2Cl)[C@H]2C=C[C@H]1C2. The molecule has 0 aromatic heterocycles. The molecule has 5 heteroatoms. The van der Waals surface area contributed by atoms with Crippen LogP contribution in [0.4, 0.5) is 5.69 Å². The highest BCUT2D eigenvalue weighted by Crippen LogP contribution is 2.48. The molecule has 1 N–H and O–H groups in total. The number of benzene rings is 1. The third-order valence-corrected chi connectivity index (χ3v) is 4.50. The van der Waals surface area contributed by atoms with Gasteiger partial charge in [0, 0.05) is 11.9 Å². The molecule has 1 saturated carbocycles. The first-order chi connectivity index (χ1) is 9.58. The number of aliphatic carboxylic acids is 1. The molecule has 20 heavy (non-hydrogen) atoms. The lowest BCUT2D eigenvalue weighted by atomic mass is 9.82. The van der Waals surface area contributed by atoms with Gasteiger partial charge in [-0.3, -0.25) is 4.79 Å². The third kappa shape index (κ3) is 2.10. The maximum absolute atomic E-state index is 12.4. The fourth-order valence-electron chi connectivity index (χ4n) is 3.28. The van der Waals surface area contributed by atoms with E-state index in [2.05, 4.69) is 5.32 Å². The van der Waals surface area contributed by atoms with Gasteiger partial charge in [-0.05, 0) is 30.4 Å². The number of carboxylic acid groups (broad SMARTS) is 1. The van der Waals surface area contributed by atoms with Crippen LogP contribution in [0.1, 0.15) is 6.42 Å². The molecule has 4 nitrogen and oxygen atoms in total. The summed E-state index contributed by atoms with van der Waals surface area (Å²) >= 11 is 6.00. The van der Waals surface area contributed by atoms with Crippen LogP contribution in [0.3, 0.4) is 0 Å². The number of hydrogen-bond donors (Lipinski definition) is 1. The van der Waals surface area contributed by atoms with Gasteiger partial charge in [-0.1, -0.05) is 35.9 Å². The summed E-state index contributed by atoms with van der Waals surface area (Å²) in [5.41, 5.74) is 0.503. The van der Waals surface area contributed by atoms with Gasteiger partial charge in [-0.25, -0.2) is 0 Å². The van der Waals surface area contributed by atoms with Crippen molar-refractivity contribution in [3.05, 3.63) is 41.4 Å². The molecule has 3 rings (SSSR count). The molecule has 1 aromatic rings. The Morgan fingerprint density at radius 3 is 2.45 bits per heavy atom. The maximum atomic E-state index is 12.4. The van der Waals surface area contributed by atoms with Gasteiger partial charge in [0.1, 0.15) is 0 Å². The zero-order valence-electron chi connectivity index (χ0n) is 10.6. The number of rotatable bonds is 3. The quantitative estimate of drug-likeness (QED) is 0.857. The molecule has 0 saturated heterocycles. The summed E-state index contributed by atoms with van der Waals surface area (Å²) in [6, 6.07) is 6.89. The Hall–Kier alpha value is -1.81. The second-order valence-corrected chi connectivity index (χ2v) is 5.70. The molecule has 2 aliphatic carbocycles. The van der Waals surface area contributed by atoms with Crippen molar-refractivity contribution in [1.29, 1.82) is 0 Å². The number of amides is 1. The monoisotopic (exact) mass is 290 g/mol. The van der Waals surface area contributed by atoms with E-state index in [0.29, 0.717) is 17.1 Å². The van der Waals surface area contributed by atoms with Crippen molar-refractivity contribution in [3.63, 3.8) is 0 Å². The summed E-state index contributed by atoms with van der Waals surface area (Å²) in [5.74, 6) is -2.89. The average molecular weight is 291 g/mol. The number of para-hydroxylation sites is 1. The van der Waals surface area contributed by atoms with Crippen LogP contribution in [-0.2, 0) is 9.59 Å². The Kier molecular flexibility index (Phi) is 3.26. The molecule has 0 aliphatic heterocycles. The molecule has 2 aliphatic rings. The molecule has 1 amide bonds. The van der Waals surface area contributed by atoms with Crippen molar-refractivity contribution >= 4 is 29.2 Å². The minimum atomic E-state index is -1.15. The number of allylic oxidation sites excluding steroid dienone is 2. The van der Waals surface area contributed by atoms with Crippen molar-refractivity contribution in [1.82, 2.24) is 0 Å². The predicted molar refractivity (Wildman–Crippen MR) is 72.8 cm³/mol. The summed E-state index contributed by atoms with van der Waals surface area (Å²) in [5, 5.41) is 14.4. The topological polar surface area (TPSA) is 69.2 Å². The lowest BCUT2D eigenvalue weighted by Crippen LogP contribution is -2.42. The second kappa shape index (κ2) is 4.94. The van der Waals surface area contributed by atoms with Gasteiger partial charge in [0.25, 0.3) is 0 Å². The predicted octanol–water partition coefficient (Wildman–Crippen LogP) is 1.47. The van der Waals surface area contributed by atoms with Crippen LogP contribution >= 0.6 is 11.6 Å². The summed E-state index contributed by atoms with van der Waals surface area (Å²) in [7, 11) is 0. The lowest BCUT2D eigenvalue weighted by molar-refractivity contribution is -0.313. The van der Waals surface area contributed by atoms with Crippen molar-refractivity contribution in [3.8, 4) is 0 Å². The van der Waals surface area contributed by atoms with E-state index in [0.717, 1.165) is 0 Å². The first-order valence-corrected chi connectivity index (χ1v) is 6.90. The van der Waals surface area contributed by atoms with E-state index >= 15 is 0 Å². The average Bonchev–Trinajstić information content (AvgIpc) is 3.01. The van der Waals surface area contributed by atoms with E-state index in [1.54, 1.807) is 24.3 Å². The molecule has 0 spiro atoms. The molecule has 1 aromatic carbocycles. The molecular formula is C15H13ClNO3-. The first-order valence-electron chi connectivity index (χ1n) is 6.52. The highest BCUT2D eigenvalue weighted by Gasteiger charge is 2.48. The number of halogens is 1. The Labute approximate surface area is 121 Å². The van der Waals surface area contributed by atoms with Crippen LogP contribution in [0, 0.1) is 23.7 Å². The molecule has 2 bridgehead atoms. The Balaban J connectivity index is 1.82. The van der Waals surface area contributed by atoms with E-state index in [9.17, 15) is 14.7 Å². The number of anilines is 1. The molecular weight excluding hydrogens is 278 g/mol. The maximum Gasteiger partial charge on any atom is 0.228 e. The Bertz CT molecular complexity index is 599. The summed E-state index contributed by atoms with van der Waals surface area (Å²) in [4.78, 5) is 23.7. The molecule has 0 radical (unpaired) electrons. The van der Waals surface area contributed by atoms with Crippen molar-refractivity contribution in [2.24, 2.45) is 23.7 Å². The Morgan fingerprint density at radius 1 is 1.15 bits per heavy atom. The van der Waals surface area contributed by atoms with Crippen LogP contribution in [0.15, 0.2) is 36.4 Å². The van der Waals surface area contributed by atoms with Gasteiger partial charge in [0.2, 0.25) is 5.91 Å². The third-order valence-electron chi connectivity index (χ3n) is 4.17. The van der Waals surface area contributed by atoms with Gasteiger partial charge in [0.15, 0.2) is 0 Å². The van der Waals surface area contributed by atoms with Crippen LogP contribution in [-0.4, -0.2) is 11.9 Å². The number of carbonyl (C=O) groups is 2. The zero-order chi connectivity index (χ0) is 14.3. The summed E-state index contributed by atoms with van der Waals surface area (Å²) in [6.45, 7) is 0. The number of carboxylic acids is 1. The standard InChI is InChI=1S/C15H14ClNO3/c16-10-3-1-2-4-11(10)17-14(18)12-8-5-6-9(7-8)13(12)15(19)20/h1-6,8-9,12-13H,7H2,(H,17,18)(H,19,20)/p-1/t8-,9-,12+,13-/m0/s1. The molecule has 0 unspecified atom stereocenters.